The average molecular weight is 363 g/mol. The van der Waals surface area contributed by atoms with Gasteiger partial charge in [-0.25, -0.2) is 0 Å². The Labute approximate surface area is 151 Å². The number of benzene rings is 2. The number of guanidine groups is 1. The van der Waals surface area contributed by atoms with Gasteiger partial charge >= 0.3 is 6.61 Å². The zero-order valence-electron chi connectivity index (χ0n) is 14.5. The number of hydrogen-bond donors (Lipinski definition) is 3. The van der Waals surface area contributed by atoms with Crippen molar-refractivity contribution in [3.63, 3.8) is 0 Å². The molecule has 0 fully saturated rings. The molecule has 2 aromatic rings. The van der Waals surface area contributed by atoms with Crippen LogP contribution in [0.5, 0.6) is 5.75 Å². The molecule has 7 heteroatoms. The molecule has 0 aliphatic rings. The molecule has 0 saturated carbocycles. The molecule has 0 radical (unpaired) electrons. The van der Waals surface area contributed by atoms with Crippen LogP contribution in [-0.2, 0) is 6.54 Å². The monoisotopic (exact) mass is 363 g/mol. The van der Waals surface area contributed by atoms with Crippen LogP contribution in [0.2, 0.25) is 0 Å². The van der Waals surface area contributed by atoms with Crippen LogP contribution in [-0.4, -0.2) is 37.9 Å². The summed E-state index contributed by atoms with van der Waals surface area (Å²) in [6, 6.07) is 16.3. The Morgan fingerprint density at radius 3 is 2.42 bits per heavy atom. The second kappa shape index (κ2) is 10.4. The maximum atomic E-state index is 12.5. The van der Waals surface area contributed by atoms with Crippen molar-refractivity contribution in [2.75, 3.05) is 20.2 Å². The van der Waals surface area contributed by atoms with E-state index in [0.717, 1.165) is 5.56 Å². The minimum Gasteiger partial charge on any atom is -0.434 e. The number of alkyl halides is 2. The van der Waals surface area contributed by atoms with E-state index in [1.165, 1.54) is 6.07 Å². The van der Waals surface area contributed by atoms with Gasteiger partial charge in [-0.2, -0.15) is 8.78 Å². The molecule has 2 rings (SSSR count). The van der Waals surface area contributed by atoms with Gasteiger partial charge in [-0.15, -0.1) is 0 Å². The highest BCUT2D eigenvalue weighted by molar-refractivity contribution is 5.79. The summed E-state index contributed by atoms with van der Waals surface area (Å²) in [5, 5.41) is 15.8. The van der Waals surface area contributed by atoms with Crippen LogP contribution in [0.3, 0.4) is 0 Å². The van der Waals surface area contributed by atoms with E-state index in [0.29, 0.717) is 18.1 Å². The van der Waals surface area contributed by atoms with Gasteiger partial charge in [-0.1, -0.05) is 48.5 Å². The number of nitrogens with zero attached hydrogens (tertiary/aromatic N) is 1. The van der Waals surface area contributed by atoms with Crippen molar-refractivity contribution in [3.8, 4) is 5.75 Å². The van der Waals surface area contributed by atoms with Crippen LogP contribution in [0.15, 0.2) is 59.6 Å². The zero-order chi connectivity index (χ0) is 18.8. The molecule has 1 atom stereocenters. The standard InChI is InChI=1S/C19H23F2N3O2/c1-22-19(24-12-16(13-25)14-7-3-2-4-8-14)23-11-15-9-5-6-10-17(15)26-18(20)21/h2-10,16,18,25H,11-13H2,1H3,(H2,22,23,24). The Kier molecular flexibility index (Phi) is 7.82. The van der Waals surface area contributed by atoms with Crippen LogP contribution in [0.25, 0.3) is 0 Å². The van der Waals surface area contributed by atoms with Gasteiger partial charge in [-0.05, 0) is 11.6 Å². The third-order valence-corrected chi connectivity index (χ3v) is 3.87. The van der Waals surface area contributed by atoms with Gasteiger partial charge < -0.3 is 20.5 Å². The second-order valence-corrected chi connectivity index (χ2v) is 5.58. The van der Waals surface area contributed by atoms with E-state index in [1.54, 1.807) is 25.2 Å². The summed E-state index contributed by atoms with van der Waals surface area (Å²) in [6.45, 7) is -2.11. The summed E-state index contributed by atoms with van der Waals surface area (Å²) in [6.07, 6.45) is 0. The first-order chi connectivity index (χ1) is 12.6. The number of rotatable bonds is 8. The topological polar surface area (TPSA) is 65.9 Å². The summed E-state index contributed by atoms with van der Waals surface area (Å²) >= 11 is 0. The van der Waals surface area contributed by atoms with Crippen LogP contribution in [0.1, 0.15) is 17.0 Å². The fourth-order valence-electron chi connectivity index (χ4n) is 2.49. The summed E-state index contributed by atoms with van der Waals surface area (Å²) in [5.41, 5.74) is 1.62. The molecule has 1 unspecified atom stereocenters. The van der Waals surface area contributed by atoms with E-state index in [4.69, 9.17) is 0 Å². The molecular formula is C19H23F2N3O2. The number of aliphatic hydroxyl groups excluding tert-OH is 1. The van der Waals surface area contributed by atoms with E-state index in [2.05, 4.69) is 20.4 Å². The third-order valence-electron chi connectivity index (χ3n) is 3.87. The second-order valence-electron chi connectivity index (χ2n) is 5.58. The number of para-hydroxylation sites is 1. The lowest BCUT2D eigenvalue weighted by atomic mass is 10.0. The Hall–Kier alpha value is -2.67. The first kappa shape index (κ1) is 19.7. The molecule has 0 heterocycles. The lowest BCUT2D eigenvalue weighted by Crippen LogP contribution is -2.39. The quantitative estimate of drug-likeness (QED) is 0.498. The molecule has 2 aromatic carbocycles. The molecule has 3 N–H and O–H groups in total. The molecule has 26 heavy (non-hydrogen) atoms. The number of hydrogen-bond acceptors (Lipinski definition) is 3. The Balaban J connectivity index is 1.92. The fraction of sp³-hybridized carbons (Fsp3) is 0.316. The minimum atomic E-state index is -2.87. The first-order valence-electron chi connectivity index (χ1n) is 8.27. The summed E-state index contributed by atoms with van der Waals surface area (Å²) in [4.78, 5) is 4.12. The highest BCUT2D eigenvalue weighted by Crippen LogP contribution is 2.20. The molecular weight excluding hydrogens is 340 g/mol. The predicted molar refractivity (Wildman–Crippen MR) is 97.5 cm³/mol. The van der Waals surface area contributed by atoms with Gasteiger partial charge in [0.15, 0.2) is 5.96 Å². The first-order valence-corrected chi connectivity index (χ1v) is 8.27. The van der Waals surface area contributed by atoms with Crippen LogP contribution >= 0.6 is 0 Å². The van der Waals surface area contributed by atoms with Gasteiger partial charge in [0, 0.05) is 31.6 Å². The molecule has 0 aliphatic carbocycles. The highest BCUT2D eigenvalue weighted by atomic mass is 19.3. The van der Waals surface area contributed by atoms with Gasteiger partial charge in [-0.3, -0.25) is 4.99 Å². The Morgan fingerprint density at radius 2 is 1.77 bits per heavy atom. The normalized spacial score (nSPS) is 12.7. The van der Waals surface area contributed by atoms with E-state index in [1.807, 2.05) is 30.3 Å². The van der Waals surface area contributed by atoms with Crippen molar-refractivity contribution in [1.82, 2.24) is 10.6 Å². The van der Waals surface area contributed by atoms with Crippen molar-refractivity contribution in [3.05, 3.63) is 65.7 Å². The smallest absolute Gasteiger partial charge is 0.387 e. The van der Waals surface area contributed by atoms with Gasteiger partial charge in [0.2, 0.25) is 0 Å². The molecule has 0 spiro atoms. The van der Waals surface area contributed by atoms with Crippen molar-refractivity contribution in [2.24, 2.45) is 4.99 Å². The van der Waals surface area contributed by atoms with Crippen molar-refractivity contribution < 1.29 is 18.6 Å². The van der Waals surface area contributed by atoms with E-state index >= 15 is 0 Å². The average Bonchev–Trinajstić information content (AvgIpc) is 2.66. The molecule has 0 amide bonds. The molecule has 0 bridgehead atoms. The number of aliphatic hydroxyl groups is 1. The molecule has 5 nitrogen and oxygen atoms in total. The van der Waals surface area contributed by atoms with Crippen molar-refractivity contribution in [2.45, 2.75) is 19.1 Å². The maximum absolute atomic E-state index is 12.5. The van der Waals surface area contributed by atoms with Crippen molar-refractivity contribution >= 4 is 5.96 Å². The van der Waals surface area contributed by atoms with Crippen LogP contribution < -0.4 is 15.4 Å². The van der Waals surface area contributed by atoms with Crippen LogP contribution in [0, 0.1) is 0 Å². The summed E-state index contributed by atoms with van der Waals surface area (Å²) in [5.74, 6) is 0.554. The predicted octanol–water partition coefficient (Wildman–Crippen LogP) is 2.73. The number of nitrogens with one attached hydrogen (secondary N) is 2. The largest absolute Gasteiger partial charge is 0.434 e. The van der Waals surface area contributed by atoms with E-state index < -0.39 is 6.61 Å². The Bertz CT molecular complexity index is 696. The van der Waals surface area contributed by atoms with Crippen molar-refractivity contribution in [1.29, 1.82) is 0 Å². The SMILES string of the molecule is CN=C(NCc1ccccc1OC(F)F)NCC(CO)c1ccccc1. The minimum absolute atomic E-state index is 0.000923. The summed E-state index contributed by atoms with van der Waals surface area (Å²) in [7, 11) is 1.62. The van der Waals surface area contributed by atoms with E-state index in [-0.39, 0.29) is 24.8 Å². The summed E-state index contributed by atoms with van der Waals surface area (Å²) < 4.78 is 29.5. The molecule has 140 valence electrons. The Morgan fingerprint density at radius 1 is 1.08 bits per heavy atom. The molecule has 0 aliphatic heterocycles. The van der Waals surface area contributed by atoms with Gasteiger partial charge in [0.1, 0.15) is 5.75 Å². The lowest BCUT2D eigenvalue weighted by molar-refractivity contribution is -0.0504. The van der Waals surface area contributed by atoms with Gasteiger partial charge in [0.05, 0.1) is 6.61 Å². The number of ether oxygens (including phenoxy) is 1. The van der Waals surface area contributed by atoms with Gasteiger partial charge in [0.25, 0.3) is 0 Å². The number of halogens is 2. The number of aliphatic imine (C=N–C) groups is 1. The third kappa shape index (κ3) is 6.00. The zero-order valence-corrected chi connectivity index (χ0v) is 14.5. The van der Waals surface area contributed by atoms with Crippen LogP contribution in [0.4, 0.5) is 8.78 Å². The molecule has 0 saturated heterocycles. The van der Waals surface area contributed by atoms with E-state index in [9.17, 15) is 13.9 Å². The lowest BCUT2D eigenvalue weighted by Gasteiger charge is -2.18. The highest BCUT2D eigenvalue weighted by Gasteiger charge is 2.12. The molecule has 0 aromatic heterocycles. The fourth-order valence-corrected chi connectivity index (χ4v) is 2.49. The maximum Gasteiger partial charge on any atom is 0.387 e.